The molecule has 2 atom stereocenters. The molecule has 1 amide bonds. The molecular formula is C14H24BrNO2. The SMILES string of the molecule is CCC1OCCC1C(=O)N(CCCBr)C1CCC1. The molecule has 0 bridgehead atoms. The maximum Gasteiger partial charge on any atom is 0.228 e. The van der Waals surface area contributed by atoms with Gasteiger partial charge in [0.15, 0.2) is 0 Å². The molecule has 2 aliphatic rings. The molecule has 1 saturated carbocycles. The fourth-order valence-electron chi connectivity index (χ4n) is 2.95. The Morgan fingerprint density at radius 2 is 2.17 bits per heavy atom. The highest BCUT2D eigenvalue weighted by molar-refractivity contribution is 9.09. The van der Waals surface area contributed by atoms with Crippen LogP contribution in [0.5, 0.6) is 0 Å². The maximum absolute atomic E-state index is 12.7. The average molecular weight is 318 g/mol. The molecule has 1 aliphatic heterocycles. The summed E-state index contributed by atoms with van der Waals surface area (Å²) in [6.45, 7) is 3.77. The van der Waals surface area contributed by atoms with Crippen molar-refractivity contribution >= 4 is 21.8 Å². The van der Waals surface area contributed by atoms with Gasteiger partial charge >= 0.3 is 0 Å². The number of ether oxygens (including phenoxy) is 1. The fraction of sp³-hybridized carbons (Fsp3) is 0.929. The molecule has 18 heavy (non-hydrogen) atoms. The molecule has 3 nitrogen and oxygen atoms in total. The zero-order valence-corrected chi connectivity index (χ0v) is 12.8. The summed E-state index contributed by atoms with van der Waals surface area (Å²) in [6.07, 6.45) is 6.73. The predicted molar refractivity (Wildman–Crippen MR) is 75.9 cm³/mol. The first-order chi connectivity index (χ1) is 8.77. The number of nitrogens with zero attached hydrogens (tertiary/aromatic N) is 1. The van der Waals surface area contributed by atoms with E-state index in [-0.39, 0.29) is 12.0 Å². The highest BCUT2D eigenvalue weighted by Gasteiger charge is 2.38. The van der Waals surface area contributed by atoms with E-state index in [1.807, 2.05) is 0 Å². The van der Waals surface area contributed by atoms with Crippen molar-refractivity contribution < 1.29 is 9.53 Å². The second-order valence-corrected chi connectivity index (χ2v) is 6.16. The second kappa shape index (κ2) is 6.90. The standard InChI is InChI=1S/C14H24BrNO2/c1-2-13-12(7-10-18-13)14(17)16(9-4-8-15)11-5-3-6-11/h11-13H,2-10H2,1H3. The lowest BCUT2D eigenvalue weighted by atomic mass is 9.89. The Balaban J connectivity index is 1.97. The Bertz CT molecular complexity index is 281. The summed E-state index contributed by atoms with van der Waals surface area (Å²) in [7, 11) is 0. The molecule has 1 aliphatic carbocycles. The maximum atomic E-state index is 12.7. The molecule has 2 fully saturated rings. The first kappa shape index (κ1) is 14.3. The van der Waals surface area contributed by atoms with Gasteiger partial charge in [-0.2, -0.15) is 0 Å². The molecule has 0 aromatic rings. The van der Waals surface area contributed by atoms with Crippen LogP contribution in [-0.4, -0.2) is 41.4 Å². The van der Waals surface area contributed by atoms with Crippen LogP contribution in [0.4, 0.5) is 0 Å². The molecule has 1 heterocycles. The number of hydrogen-bond donors (Lipinski definition) is 0. The Kier molecular flexibility index (Phi) is 5.49. The van der Waals surface area contributed by atoms with E-state index in [9.17, 15) is 4.79 Å². The van der Waals surface area contributed by atoms with Gasteiger partial charge in [-0.1, -0.05) is 22.9 Å². The second-order valence-electron chi connectivity index (χ2n) is 5.37. The van der Waals surface area contributed by atoms with Crippen molar-refractivity contribution in [2.75, 3.05) is 18.5 Å². The third-order valence-electron chi connectivity index (χ3n) is 4.26. The summed E-state index contributed by atoms with van der Waals surface area (Å²) in [6, 6.07) is 0.509. The van der Waals surface area contributed by atoms with E-state index in [1.54, 1.807) is 0 Å². The molecule has 104 valence electrons. The molecule has 4 heteroatoms. The van der Waals surface area contributed by atoms with Crippen molar-refractivity contribution in [3.05, 3.63) is 0 Å². The summed E-state index contributed by atoms with van der Waals surface area (Å²) in [5.74, 6) is 0.468. The highest BCUT2D eigenvalue weighted by atomic mass is 79.9. The van der Waals surface area contributed by atoms with E-state index in [0.29, 0.717) is 11.9 Å². The van der Waals surface area contributed by atoms with Crippen molar-refractivity contribution in [1.29, 1.82) is 0 Å². The third kappa shape index (κ3) is 3.08. The number of amides is 1. The van der Waals surface area contributed by atoms with Gasteiger partial charge in [-0.25, -0.2) is 0 Å². The molecule has 1 saturated heterocycles. The third-order valence-corrected chi connectivity index (χ3v) is 4.82. The zero-order valence-electron chi connectivity index (χ0n) is 11.2. The minimum absolute atomic E-state index is 0.117. The van der Waals surface area contributed by atoms with E-state index in [0.717, 1.165) is 37.7 Å². The van der Waals surface area contributed by atoms with Gasteiger partial charge in [0.2, 0.25) is 5.91 Å². The van der Waals surface area contributed by atoms with E-state index in [1.165, 1.54) is 19.3 Å². The number of rotatable bonds is 6. The van der Waals surface area contributed by atoms with Crippen LogP contribution >= 0.6 is 15.9 Å². The number of hydrogen-bond acceptors (Lipinski definition) is 2. The quantitative estimate of drug-likeness (QED) is 0.705. The van der Waals surface area contributed by atoms with E-state index in [2.05, 4.69) is 27.8 Å². The van der Waals surface area contributed by atoms with Gasteiger partial charge < -0.3 is 9.64 Å². The topological polar surface area (TPSA) is 29.5 Å². The smallest absolute Gasteiger partial charge is 0.228 e. The van der Waals surface area contributed by atoms with Gasteiger partial charge in [0.05, 0.1) is 12.0 Å². The van der Waals surface area contributed by atoms with Crippen molar-refractivity contribution in [2.45, 2.75) is 57.6 Å². The highest BCUT2D eigenvalue weighted by Crippen LogP contribution is 2.31. The van der Waals surface area contributed by atoms with Crippen LogP contribution in [0.2, 0.25) is 0 Å². The molecule has 0 spiro atoms. The molecule has 2 rings (SSSR count). The normalized spacial score (nSPS) is 28.1. The van der Waals surface area contributed by atoms with Crippen molar-refractivity contribution in [3.8, 4) is 0 Å². The Labute approximate surface area is 118 Å². The van der Waals surface area contributed by atoms with Crippen LogP contribution in [-0.2, 0) is 9.53 Å². The van der Waals surface area contributed by atoms with Gasteiger partial charge in [-0.05, 0) is 38.5 Å². The Morgan fingerprint density at radius 3 is 2.72 bits per heavy atom. The summed E-state index contributed by atoms with van der Waals surface area (Å²) in [5, 5.41) is 0.974. The molecule has 0 aromatic carbocycles. The minimum Gasteiger partial charge on any atom is -0.377 e. The predicted octanol–water partition coefficient (Wildman–Crippen LogP) is 2.97. The molecule has 0 aromatic heterocycles. The Hall–Kier alpha value is -0.0900. The monoisotopic (exact) mass is 317 g/mol. The van der Waals surface area contributed by atoms with Crippen LogP contribution in [0.1, 0.15) is 45.4 Å². The number of halogens is 1. The van der Waals surface area contributed by atoms with Crippen molar-refractivity contribution in [3.63, 3.8) is 0 Å². The fourth-order valence-corrected chi connectivity index (χ4v) is 3.20. The van der Waals surface area contributed by atoms with Gasteiger partial charge in [0.1, 0.15) is 0 Å². The molecular weight excluding hydrogens is 294 g/mol. The van der Waals surface area contributed by atoms with E-state index in [4.69, 9.17) is 4.74 Å². The number of alkyl halides is 1. The zero-order chi connectivity index (χ0) is 13.0. The molecule has 0 N–H and O–H groups in total. The van der Waals surface area contributed by atoms with Crippen molar-refractivity contribution in [2.24, 2.45) is 5.92 Å². The summed E-state index contributed by atoms with van der Waals surface area (Å²) >= 11 is 3.46. The Morgan fingerprint density at radius 1 is 1.39 bits per heavy atom. The van der Waals surface area contributed by atoms with Crippen LogP contribution in [0.25, 0.3) is 0 Å². The van der Waals surface area contributed by atoms with Crippen molar-refractivity contribution in [1.82, 2.24) is 4.90 Å². The first-order valence-corrected chi connectivity index (χ1v) is 8.38. The van der Waals surface area contributed by atoms with Crippen LogP contribution in [0.15, 0.2) is 0 Å². The van der Waals surface area contributed by atoms with Gasteiger partial charge in [0, 0.05) is 24.5 Å². The largest absolute Gasteiger partial charge is 0.377 e. The average Bonchev–Trinajstić information content (AvgIpc) is 2.79. The lowest BCUT2D eigenvalue weighted by molar-refractivity contribution is -0.141. The lowest BCUT2D eigenvalue weighted by Gasteiger charge is -2.39. The van der Waals surface area contributed by atoms with Gasteiger partial charge in [-0.15, -0.1) is 0 Å². The van der Waals surface area contributed by atoms with Gasteiger partial charge in [0.25, 0.3) is 0 Å². The molecule has 2 unspecified atom stereocenters. The van der Waals surface area contributed by atoms with Crippen LogP contribution < -0.4 is 0 Å². The summed E-state index contributed by atoms with van der Waals surface area (Å²) in [4.78, 5) is 14.8. The number of carbonyl (C=O) groups is 1. The van der Waals surface area contributed by atoms with Crippen LogP contribution in [0.3, 0.4) is 0 Å². The number of carbonyl (C=O) groups excluding carboxylic acids is 1. The summed E-state index contributed by atoms with van der Waals surface area (Å²) in [5.41, 5.74) is 0. The molecule has 0 radical (unpaired) electrons. The minimum atomic E-state index is 0.117. The first-order valence-electron chi connectivity index (χ1n) is 7.26. The van der Waals surface area contributed by atoms with Gasteiger partial charge in [-0.3, -0.25) is 4.79 Å². The summed E-state index contributed by atoms with van der Waals surface area (Å²) < 4.78 is 5.67. The van der Waals surface area contributed by atoms with E-state index >= 15 is 0 Å². The van der Waals surface area contributed by atoms with E-state index < -0.39 is 0 Å². The van der Waals surface area contributed by atoms with Crippen LogP contribution in [0, 0.1) is 5.92 Å². The lowest BCUT2D eigenvalue weighted by Crippen LogP contribution is -2.48.